The lowest BCUT2D eigenvalue weighted by Crippen LogP contribution is -2.26. The van der Waals surface area contributed by atoms with Gasteiger partial charge in [0.2, 0.25) is 5.91 Å². The van der Waals surface area contributed by atoms with Gasteiger partial charge >= 0.3 is 0 Å². The number of ketones is 1. The molecule has 0 aromatic heterocycles. The number of nitrogens with zero attached hydrogens (tertiary/aromatic N) is 1. The minimum absolute atomic E-state index is 0.0549. The van der Waals surface area contributed by atoms with Crippen molar-refractivity contribution in [3.05, 3.63) is 0 Å². The van der Waals surface area contributed by atoms with Gasteiger partial charge < -0.3 is 9.69 Å². The Bertz CT molecular complexity index is 297. The van der Waals surface area contributed by atoms with Gasteiger partial charge in [-0.3, -0.25) is 4.79 Å². The summed E-state index contributed by atoms with van der Waals surface area (Å²) in [6, 6.07) is 0. The van der Waals surface area contributed by atoms with Gasteiger partial charge in [-0.2, -0.15) is 0 Å². The van der Waals surface area contributed by atoms with Crippen molar-refractivity contribution in [2.45, 2.75) is 40.0 Å². The largest absolute Gasteiger partial charge is 0.335 e. The predicted molar refractivity (Wildman–Crippen MR) is 64.8 cm³/mol. The molecule has 0 aromatic rings. The number of hydrogen-bond acceptors (Lipinski definition) is 2. The third kappa shape index (κ3) is 8.05. The summed E-state index contributed by atoms with van der Waals surface area (Å²) in [7, 11) is 1.74. The van der Waals surface area contributed by atoms with E-state index in [1.165, 1.54) is 0 Å². The first-order chi connectivity index (χ1) is 7.43. The standard InChI is InChI=1S/C13H21NO2/c1-11(2)7-6-10-14(4)13(16)9-5-8-12(3)15/h11H,5,8-10H2,1-4H3. The maximum absolute atomic E-state index is 11.5. The van der Waals surface area contributed by atoms with E-state index in [9.17, 15) is 9.59 Å². The van der Waals surface area contributed by atoms with Crippen LogP contribution in [0.5, 0.6) is 0 Å². The highest BCUT2D eigenvalue weighted by Gasteiger charge is 2.07. The first-order valence-electron chi connectivity index (χ1n) is 5.65. The highest BCUT2D eigenvalue weighted by Crippen LogP contribution is 1.99. The van der Waals surface area contributed by atoms with Crippen molar-refractivity contribution in [1.29, 1.82) is 0 Å². The smallest absolute Gasteiger partial charge is 0.223 e. The lowest BCUT2D eigenvalue weighted by atomic mass is 10.2. The molecule has 0 saturated heterocycles. The number of amides is 1. The zero-order valence-electron chi connectivity index (χ0n) is 10.7. The van der Waals surface area contributed by atoms with Crippen molar-refractivity contribution >= 4 is 11.7 Å². The van der Waals surface area contributed by atoms with Gasteiger partial charge in [-0.15, -0.1) is 0 Å². The molecule has 0 N–H and O–H groups in total. The van der Waals surface area contributed by atoms with E-state index in [0.717, 1.165) is 0 Å². The van der Waals surface area contributed by atoms with Crippen LogP contribution >= 0.6 is 0 Å². The van der Waals surface area contributed by atoms with Crippen LogP contribution in [0.1, 0.15) is 40.0 Å². The number of Topliss-reactive ketones (excluding diaryl/α,β-unsaturated/α-hetero) is 1. The molecule has 0 heterocycles. The lowest BCUT2D eigenvalue weighted by Gasteiger charge is -2.13. The minimum Gasteiger partial charge on any atom is -0.335 e. The Balaban J connectivity index is 3.83. The summed E-state index contributed by atoms with van der Waals surface area (Å²) in [6.45, 7) is 6.04. The topological polar surface area (TPSA) is 37.4 Å². The number of carbonyl (C=O) groups is 2. The summed E-state index contributed by atoms with van der Waals surface area (Å²) in [5.74, 6) is 6.48. The molecular formula is C13H21NO2. The summed E-state index contributed by atoms with van der Waals surface area (Å²) >= 11 is 0. The fourth-order valence-corrected chi connectivity index (χ4v) is 1.14. The van der Waals surface area contributed by atoms with E-state index in [1.54, 1.807) is 18.9 Å². The fourth-order valence-electron chi connectivity index (χ4n) is 1.14. The van der Waals surface area contributed by atoms with Crippen molar-refractivity contribution in [2.75, 3.05) is 13.6 Å². The highest BCUT2D eigenvalue weighted by molar-refractivity contribution is 5.78. The summed E-state index contributed by atoms with van der Waals surface area (Å²) in [5, 5.41) is 0. The van der Waals surface area contributed by atoms with Crippen molar-refractivity contribution in [3.8, 4) is 11.8 Å². The molecular weight excluding hydrogens is 202 g/mol. The van der Waals surface area contributed by atoms with Crippen molar-refractivity contribution < 1.29 is 9.59 Å². The van der Waals surface area contributed by atoms with Gasteiger partial charge in [0.25, 0.3) is 0 Å². The number of hydrogen-bond donors (Lipinski definition) is 0. The van der Waals surface area contributed by atoms with E-state index in [4.69, 9.17) is 0 Å². The van der Waals surface area contributed by atoms with Gasteiger partial charge in [-0.05, 0) is 13.3 Å². The Labute approximate surface area is 98.2 Å². The van der Waals surface area contributed by atoms with Crippen molar-refractivity contribution in [1.82, 2.24) is 4.90 Å². The molecule has 0 aliphatic heterocycles. The molecule has 3 heteroatoms. The highest BCUT2D eigenvalue weighted by atomic mass is 16.2. The van der Waals surface area contributed by atoms with Crippen LogP contribution in [0.2, 0.25) is 0 Å². The second kappa shape index (κ2) is 7.92. The molecule has 16 heavy (non-hydrogen) atoms. The monoisotopic (exact) mass is 223 g/mol. The van der Waals surface area contributed by atoms with E-state index in [1.807, 2.05) is 13.8 Å². The van der Waals surface area contributed by atoms with Gasteiger partial charge in [0.15, 0.2) is 0 Å². The maximum Gasteiger partial charge on any atom is 0.223 e. The fraction of sp³-hybridized carbons (Fsp3) is 0.692. The molecule has 0 spiro atoms. The molecule has 0 atom stereocenters. The summed E-state index contributed by atoms with van der Waals surface area (Å²) in [5.41, 5.74) is 0. The average Bonchev–Trinajstić information content (AvgIpc) is 2.16. The average molecular weight is 223 g/mol. The molecule has 0 unspecified atom stereocenters. The summed E-state index contributed by atoms with van der Waals surface area (Å²) < 4.78 is 0. The van der Waals surface area contributed by atoms with E-state index < -0.39 is 0 Å². The Morgan fingerprint density at radius 1 is 1.25 bits per heavy atom. The van der Waals surface area contributed by atoms with Gasteiger partial charge in [0.05, 0.1) is 6.54 Å². The van der Waals surface area contributed by atoms with E-state index >= 15 is 0 Å². The van der Waals surface area contributed by atoms with Gasteiger partial charge in [-0.25, -0.2) is 0 Å². The lowest BCUT2D eigenvalue weighted by molar-refractivity contribution is -0.129. The molecule has 0 aromatic carbocycles. The van der Waals surface area contributed by atoms with Gasteiger partial charge in [-0.1, -0.05) is 25.7 Å². The summed E-state index contributed by atoms with van der Waals surface area (Å²) in [6.07, 6.45) is 1.55. The van der Waals surface area contributed by atoms with Crippen LogP contribution < -0.4 is 0 Å². The molecule has 0 radical (unpaired) electrons. The van der Waals surface area contributed by atoms with Gasteiger partial charge in [0, 0.05) is 25.8 Å². The molecule has 0 saturated carbocycles. The Morgan fingerprint density at radius 3 is 2.38 bits per heavy atom. The minimum atomic E-state index is 0.0549. The molecule has 1 amide bonds. The van der Waals surface area contributed by atoms with Crippen LogP contribution in [0.3, 0.4) is 0 Å². The second-order valence-corrected chi connectivity index (χ2v) is 4.28. The number of carbonyl (C=O) groups excluding carboxylic acids is 2. The Kier molecular flexibility index (Phi) is 7.28. The van der Waals surface area contributed by atoms with Crippen LogP contribution in [-0.4, -0.2) is 30.2 Å². The molecule has 0 aliphatic carbocycles. The van der Waals surface area contributed by atoms with E-state index in [-0.39, 0.29) is 11.7 Å². The zero-order chi connectivity index (χ0) is 12.6. The van der Waals surface area contributed by atoms with Crippen LogP contribution in [0.25, 0.3) is 0 Å². The molecule has 3 nitrogen and oxygen atoms in total. The molecule has 90 valence electrons. The van der Waals surface area contributed by atoms with Crippen LogP contribution in [0, 0.1) is 17.8 Å². The second-order valence-electron chi connectivity index (χ2n) is 4.28. The van der Waals surface area contributed by atoms with Crippen molar-refractivity contribution in [3.63, 3.8) is 0 Å². The third-order valence-corrected chi connectivity index (χ3v) is 2.05. The van der Waals surface area contributed by atoms with Crippen LogP contribution in [0.4, 0.5) is 0 Å². The normalized spacial score (nSPS) is 9.56. The van der Waals surface area contributed by atoms with E-state index in [2.05, 4.69) is 11.8 Å². The molecule has 0 rings (SSSR count). The molecule has 0 aliphatic rings. The quantitative estimate of drug-likeness (QED) is 0.667. The predicted octanol–water partition coefficient (Wildman–Crippen LogP) is 1.86. The van der Waals surface area contributed by atoms with Gasteiger partial charge in [0.1, 0.15) is 5.78 Å². The molecule has 0 fully saturated rings. The van der Waals surface area contributed by atoms with E-state index in [0.29, 0.717) is 31.7 Å². The van der Waals surface area contributed by atoms with Crippen LogP contribution in [0.15, 0.2) is 0 Å². The Morgan fingerprint density at radius 2 is 1.88 bits per heavy atom. The third-order valence-electron chi connectivity index (χ3n) is 2.05. The first-order valence-corrected chi connectivity index (χ1v) is 5.65. The zero-order valence-corrected chi connectivity index (χ0v) is 10.7. The summed E-state index contributed by atoms with van der Waals surface area (Å²) in [4.78, 5) is 23.8. The molecule has 0 bridgehead atoms. The van der Waals surface area contributed by atoms with Crippen molar-refractivity contribution in [2.24, 2.45) is 5.92 Å². The number of rotatable bonds is 5. The first kappa shape index (κ1) is 14.7. The maximum atomic E-state index is 11.5. The Hall–Kier alpha value is -1.30. The SMILES string of the molecule is CC(=O)CCCC(=O)N(C)CC#CC(C)C. The van der Waals surface area contributed by atoms with Crippen LogP contribution in [-0.2, 0) is 9.59 Å².